The summed E-state index contributed by atoms with van der Waals surface area (Å²) < 4.78 is 11.9. The van der Waals surface area contributed by atoms with Crippen molar-refractivity contribution in [1.29, 1.82) is 0 Å². The summed E-state index contributed by atoms with van der Waals surface area (Å²) >= 11 is 6.24. The summed E-state index contributed by atoms with van der Waals surface area (Å²) in [4.78, 5) is 26.6. The summed E-state index contributed by atoms with van der Waals surface area (Å²) in [7, 11) is 2.99. The van der Waals surface area contributed by atoms with Crippen LogP contribution < -0.4 is 20.3 Å². The minimum Gasteiger partial charge on any atom is -0.495 e. The molecule has 1 aromatic heterocycles. The Balaban J connectivity index is 1.73. The Hall–Kier alpha value is -3.32. The molecule has 1 N–H and O–H groups in total. The molecule has 1 amide bonds. The number of carbonyl (C=O) groups excluding carboxylic acids is 1. The largest absolute Gasteiger partial charge is 0.495 e. The Morgan fingerprint density at radius 3 is 2.35 bits per heavy atom. The summed E-state index contributed by atoms with van der Waals surface area (Å²) in [6, 6.07) is 10.4. The van der Waals surface area contributed by atoms with Crippen molar-refractivity contribution in [3.63, 3.8) is 0 Å². The van der Waals surface area contributed by atoms with Crippen LogP contribution in [0.2, 0.25) is 5.02 Å². The highest BCUT2D eigenvalue weighted by atomic mass is 35.5. The van der Waals surface area contributed by atoms with E-state index >= 15 is 0 Å². The highest BCUT2D eigenvalue weighted by molar-refractivity contribution is 6.32. The van der Waals surface area contributed by atoms with Crippen LogP contribution in [-0.2, 0) is 17.6 Å². The second-order valence-corrected chi connectivity index (χ2v) is 8.89. The number of rotatable bonds is 6. The molecular weight excluding hydrogens is 454 g/mol. The highest BCUT2D eigenvalue weighted by Crippen LogP contribution is 2.36. The molecular formula is C26H28ClN3O4. The van der Waals surface area contributed by atoms with Gasteiger partial charge in [-0.1, -0.05) is 41.4 Å². The van der Waals surface area contributed by atoms with Crippen LogP contribution in [0.15, 0.2) is 41.2 Å². The Labute approximate surface area is 203 Å². The maximum atomic E-state index is 13.4. The summed E-state index contributed by atoms with van der Waals surface area (Å²) in [6.07, 6.45) is 3.46. The Bertz CT molecular complexity index is 1280. The van der Waals surface area contributed by atoms with Gasteiger partial charge in [0.15, 0.2) is 0 Å². The van der Waals surface area contributed by atoms with Crippen LogP contribution in [0, 0.1) is 6.92 Å². The van der Waals surface area contributed by atoms with Gasteiger partial charge in [0.05, 0.1) is 30.6 Å². The van der Waals surface area contributed by atoms with Gasteiger partial charge in [0.25, 0.3) is 5.56 Å². The zero-order chi connectivity index (χ0) is 24.4. The Morgan fingerprint density at radius 1 is 1.06 bits per heavy atom. The molecule has 0 radical (unpaired) electrons. The van der Waals surface area contributed by atoms with Gasteiger partial charge in [-0.15, -0.1) is 0 Å². The molecule has 178 valence electrons. The first-order chi connectivity index (χ1) is 16.3. The normalized spacial score (nSPS) is 13.7. The number of nitrogens with one attached hydrogen (secondary N) is 1. The zero-order valence-electron chi connectivity index (χ0n) is 19.8. The van der Waals surface area contributed by atoms with Crippen LogP contribution >= 0.6 is 11.6 Å². The van der Waals surface area contributed by atoms with Crippen molar-refractivity contribution in [2.75, 3.05) is 19.5 Å². The Kier molecular flexibility index (Phi) is 6.93. The third-order valence-corrected chi connectivity index (χ3v) is 6.53. The van der Waals surface area contributed by atoms with Crippen molar-refractivity contribution in [1.82, 2.24) is 9.78 Å². The minimum absolute atomic E-state index is 0.215. The fraction of sp³-hybridized carbons (Fsp3) is 0.346. The first-order valence-electron chi connectivity index (χ1n) is 11.3. The SMILES string of the molecule is COc1cc(OC)c(NC(=O)[C@H](C)n2nc(-c3ccc(C)cc3)c3c(c2=O)CCCC3)cc1Cl. The van der Waals surface area contributed by atoms with Crippen LogP contribution in [0.4, 0.5) is 5.69 Å². The molecule has 0 saturated heterocycles. The molecule has 0 bridgehead atoms. The van der Waals surface area contributed by atoms with E-state index in [9.17, 15) is 9.59 Å². The van der Waals surface area contributed by atoms with Crippen molar-refractivity contribution in [3.05, 3.63) is 68.5 Å². The summed E-state index contributed by atoms with van der Waals surface area (Å²) in [5.41, 5.74) is 4.76. The number of hydrogen-bond donors (Lipinski definition) is 1. The number of anilines is 1. The van der Waals surface area contributed by atoms with Crippen molar-refractivity contribution in [3.8, 4) is 22.8 Å². The molecule has 1 atom stereocenters. The number of ether oxygens (including phenoxy) is 2. The van der Waals surface area contributed by atoms with Gasteiger partial charge in [0.1, 0.15) is 17.5 Å². The van der Waals surface area contributed by atoms with E-state index in [4.69, 9.17) is 26.2 Å². The number of benzene rings is 2. The van der Waals surface area contributed by atoms with Crippen LogP contribution in [0.1, 0.15) is 42.5 Å². The highest BCUT2D eigenvalue weighted by Gasteiger charge is 2.26. The second kappa shape index (κ2) is 9.89. The van der Waals surface area contributed by atoms with Crippen molar-refractivity contribution in [2.24, 2.45) is 0 Å². The summed E-state index contributed by atoms with van der Waals surface area (Å²) in [6.45, 7) is 3.69. The van der Waals surface area contributed by atoms with Gasteiger partial charge in [0.2, 0.25) is 5.91 Å². The smallest absolute Gasteiger partial charge is 0.271 e. The standard InChI is InChI=1S/C26H28ClN3O4/c1-15-9-11-17(12-10-15)24-18-7-5-6-8-19(18)26(32)30(29-24)16(2)25(31)28-21-13-20(27)22(33-3)14-23(21)34-4/h9-14,16H,5-8H2,1-4H3,(H,28,31)/t16-/m0/s1. The average molecular weight is 482 g/mol. The van der Waals surface area contributed by atoms with Crippen LogP contribution in [-0.4, -0.2) is 29.9 Å². The van der Waals surface area contributed by atoms with Crippen LogP contribution in [0.5, 0.6) is 11.5 Å². The number of amides is 1. The molecule has 0 saturated carbocycles. The van der Waals surface area contributed by atoms with Gasteiger partial charge >= 0.3 is 0 Å². The molecule has 1 aliphatic rings. The molecule has 8 heteroatoms. The molecule has 0 spiro atoms. The lowest BCUT2D eigenvalue weighted by Gasteiger charge is -2.23. The first-order valence-corrected chi connectivity index (χ1v) is 11.7. The molecule has 34 heavy (non-hydrogen) atoms. The third-order valence-electron chi connectivity index (χ3n) is 6.23. The van der Waals surface area contributed by atoms with E-state index in [0.717, 1.165) is 47.2 Å². The maximum absolute atomic E-state index is 13.4. The number of halogens is 1. The molecule has 7 nitrogen and oxygen atoms in total. The number of methoxy groups -OCH3 is 2. The molecule has 3 aromatic rings. The van der Waals surface area contributed by atoms with Gasteiger partial charge in [-0.25, -0.2) is 4.68 Å². The monoisotopic (exact) mass is 481 g/mol. The average Bonchev–Trinajstić information content (AvgIpc) is 2.85. The molecule has 1 heterocycles. The van der Waals surface area contributed by atoms with Gasteiger partial charge in [-0.2, -0.15) is 5.10 Å². The summed E-state index contributed by atoms with van der Waals surface area (Å²) in [5.74, 6) is 0.424. The van der Waals surface area contributed by atoms with E-state index < -0.39 is 11.9 Å². The fourth-order valence-electron chi connectivity index (χ4n) is 4.27. The van der Waals surface area contributed by atoms with Gasteiger partial charge in [-0.05, 0) is 51.2 Å². The van der Waals surface area contributed by atoms with Crippen LogP contribution in [0.3, 0.4) is 0 Å². The van der Waals surface area contributed by atoms with Gasteiger partial charge < -0.3 is 14.8 Å². The topological polar surface area (TPSA) is 82.4 Å². The minimum atomic E-state index is -0.852. The lowest BCUT2D eigenvalue weighted by Crippen LogP contribution is -2.37. The lowest BCUT2D eigenvalue weighted by molar-refractivity contribution is -0.119. The van der Waals surface area contributed by atoms with Gasteiger partial charge in [-0.3, -0.25) is 9.59 Å². The van der Waals surface area contributed by atoms with Gasteiger partial charge in [0, 0.05) is 17.2 Å². The number of nitrogens with zero attached hydrogens (tertiary/aromatic N) is 2. The first kappa shape index (κ1) is 23.8. The zero-order valence-corrected chi connectivity index (χ0v) is 20.5. The summed E-state index contributed by atoms with van der Waals surface area (Å²) in [5, 5.41) is 7.85. The number of aryl methyl sites for hydroxylation is 1. The lowest BCUT2D eigenvalue weighted by atomic mass is 9.89. The van der Waals surface area contributed by atoms with E-state index in [0.29, 0.717) is 28.6 Å². The van der Waals surface area contributed by atoms with Crippen molar-refractivity contribution < 1.29 is 14.3 Å². The van der Waals surface area contributed by atoms with E-state index in [2.05, 4.69) is 5.32 Å². The molecule has 0 fully saturated rings. The molecule has 1 aliphatic carbocycles. The van der Waals surface area contributed by atoms with Crippen molar-refractivity contribution in [2.45, 2.75) is 45.6 Å². The van der Waals surface area contributed by atoms with E-state index in [1.807, 2.05) is 31.2 Å². The molecule has 2 aromatic carbocycles. The molecule has 0 unspecified atom stereocenters. The fourth-order valence-corrected chi connectivity index (χ4v) is 4.51. The predicted molar refractivity (Wildman–Crippen MR) is 133 cm³/mol. The number of fused-ring (bicyclic) bond motifs is 1. The van der Waals surface area contributed by atoms with E-state index in [1.54, 1.807) is 19.1 Å². The van der Waals surface area contributed by atoms with Crippen LogP contribution in [0.25, 0.3) is 11.3 Å². The molecule has 4 rings (SSSR count). The maximum Gasteiger partial charge on any atom is 0.271 e. The Morgan fingerprint density at radius 2 is 1.71 bits per heavy atom. The third kappa shape index (κ3) is 4.53. The van der Waals surface area contributed by atoms with E-state index in [-0.39, 0.29) is 5.56 Å². The predicted octanol–water partition coefficient (Wildman–Crippen LogP) is 4.97. The molecule has 0 aliphatic heterocycles. The quantitative estimate of drug-likeness (QED) is 0.537. The number of aromatic nitrogens is 2. The number of hydrogen-bond acceptors (Lipinski definition) is 5. The second-order valence-electron chi connectivity index (χ2n) is 8.48. The van der Waals surface area contributed by atoms with E-state index in [1.165, 1.54) is 18.9 Å². The van der Waals surface area contributed by atoms with Crippen molar-refractivity contribution >= 4 is 23.2 Å². The number of carbonyl (C=O) groups is 1.